The summed E-state index contributed by atoms with van der Waals surface area (Å²) in [5, 5.41) is 3.43. The monoisotopic (exact) mass is 167 g/mol. The van der Waals surface area contributed by atoms with Crippen LogP contribution in [0.4, 0.5) is 0 Å². The zero-order valence-corrected chi connectivity index (χ0v) is 7.71. The molecule has 1 fully saturated rings. The molecule has 1 unspecified atom stereocenters. The van der Waals surface area contributed by atoms with Crippen molar-refractivity contribution in [3.8, 4) is 0 Å². The molecular weight excluding hydrogens is 150 g/mol. The lowest BCUT2D eigenvalue weighted by molar-refractivity contribution is 0.336. The number of hydrogen-bond acceptors (Lipinski definition) is 3. The van der Waals surface area contributed by atoms with E-state index in [1.54, 1.807) is 0 Å². The average Bonchev–Trinajstić information content (AvgIpc) is 2.28. The van der Waals surface area contributed by atoms with Crippen molar-refractivity contribution >= 4 is 5.96 Å². The molecule has 68 valence electrons. The Morgan fingerprint density at radius 3 is 3.25 bits per heavy atom. The van der Waals surface area contributed by atoms with Crippen molar-refractivity contribution in [1.82, 2.24) is 10.2 Å². The molecule has 0 aromatic rings. The summed E-state index contributed by atoms with van der Waals surface area (Å²) >= 11 is 0. The highest BCUT2D eigenvalue weighted by Gasteiger charge is 2.20. The smallest absolute Gasteiger partial charge is 0.194 e. The van der Waals surface area contributed by atoms with E-state index in [1.807, 2.05) is 0 Å². The van der Waals surface area contributed by atoms with E-state index >= 15 is 0 Å². The first kappa shape index (κ1) is 7.90. The van der Waals surface area contributed by atoms with Crippen molar-refractivity contribution in [3.63, 3.8) is 0 Å². The Labute approximate surface area is 73.9 Å². The number of guanidine groups is 1. The van der Waals surface area contributed by atoms with E-state index in [9.17, 15) is 0 Å². The first-order valence-electron chi connectivity index (χ1n) is 4.92. The maximum Gasteiger partial charge on any atom is 0.194 e. The van der Waals surface area contributed by atoms with Gasteiger partial charge >= 0.3 is 0 Å². The minimum absolute atomic E-state index is 0.609. The highest BCUT2D eigenvalue weighted by molar-refractivity contribution is 5.81. The standard InChI is InChI=1S/C9H17N3/c1-8-4-7-12-6-3-2-5-10-9(12)11-8/h8H,2-7H2,1H3,(H,10,11). The minimum Gasteiger partial charge on any atom is -0.354 e. The first-order valence-corrected chi connectivity index (χ1v) is 4.92. The Morgan fingerprint density at radius 1 is 1.42 bits per heavy atom. The fraction of sp³-hybridized carbons (Fsp3) is 0.889. The van der Waals surface area contributed by atoms with Crippen LogP contribution in [-0.2, 0) is 0 Å². The summed E-state index contributed by atoms with van der Waals surface area (Å²) < 4.78 is 0. The van der Waals surface area contributed by atoms with Gasteiger partial charge in [0.15, 0.2) is 5.96 Å². The minimum atomic E-state index is 0.609. The Bertz CT molecular complexity index is 188. The van der Waals surface area contributed by atoms with Crippen LogP contribution in [-0.4, -0.2) is 36.5 Å². The van der Waals surface area contributed by atoms with Crippen LogP contribution in [0, 0.1) is 0 Å². The van der Waals surface area contributed by atoms with Gasteiger partial charge in [-0.3, -0.25) is 4.99 Å². The van der Waals surface area contributed by atoms with Crippen molar-refractivity contribution in [1.29, 1.82) is 0 Å². The Hall–Kier alpha value is -0.730. The van der Waals surface area contributed by atoms with Gasteiger partial charge in [0.05, 0.1) is 0 Å². The summed E-state index contributed by atoms with van der Waals surface area (Å²) in [4.78, 5) is 6.91. The van der Waals surface area contributed by atoms with E-state index < -0.39 is 0 Å². The van der Waals surface area contributed by atoms with Gasteiger partial charge in [0.25, 0.3) is 0 Å². The molecule has 1 atom stereocenters. The van der Waals surface area contributed by atoms with Crippen molar-refractivity contribution in [3.05, 3.63) is 0 Å². The van der Waals surface area contributed by atoms with Crippen LogP contribution in [0.3, 0.4) is 0 Å². The number of rotatable bonds is 0. The van der Waals surface area contributed by atoms with E-state index in [4.69, 9.17) is 0 Å². The normalized spacial score (nSPS) is 29.9. The molecule has 2 heterocycles. The first-order chi connectivity index (χ1) is 5.86. The summed E-state index contributed by atoms with van der Waals surface area (Å²) in [5.74, 6) is 1.14. The fourth-order valence-corrected chi connectivity index (χ4v) is 1.80. The fourth-order valence-electron chi connectivity index (χ4n) is 1.80. The SMILES string of the molecule is CC1CCN2CCCCN=C2N1. The van der Waals surface area contributed by atoms with Crippen LogP contribution in [0.15, 0.2) is 4.99 Å². The molecule has 0 radical (unpaired) electrons. The largest absolute Gasteiger partial charge is 0.354 e. The molecule has 0 bridgehead atoms. The van der Waals surface area contributed by atoms with Crippen LogP contribution >= 0.6 is 0 Å². The van der Waals surface area contributed by atoms with Crippen molar-refractivity contribution in [2.75, 3.05) is 19.6 Å². The summed E-state index contributed by atoms with van der Waals surface area (Å²) in [6, 6.07) is 0.609. The zero-order valence-electron chi connectivity index (χ0n) is 7.71. The summed E-state index contributed by atoms with van der Waals surface area (Å²) in [7, 11) is 0. The Morgan fingerprint density at radius 2 is 2.33 bits per heavy atom. The highest BCUT2D eigenvalue weighted by Crippen LogP contribution is 2.09. The molecule has 12 heavy (non-hydrogen) atoms. The molecule has 0 saturated carbocycles. The van der Waals surface area contributed by atoms with Crippen molar-refractivity contribution < 1.29 is 0 Å². The maximum absolute atomic E-state index is 4.53. The van der Waals surface area contributed by atoms with Crippen molar-refractivity contribution in [2.45, 2.75) is 32.2 Å². The van der Waals surface area contributed by atoms with E-state index in [1.165, 1.54) is 32.4 Å². The van der Waals surface area contributed by atoms with Gasteiger partial charge < -0.3 is 10.2 Å². The molecule has 1 saturated heterocycles. The third-order valence-corrected chi connectivity index (χ3v) is 2.60. The zero-order chi connectivity index (χ0) is 8.39. The summed E-state index contributed by atoms with van der Waals surface area (Å²) in [6.07, 6.45) is 3.79. The molecular formula is C9H17N3. The van der Waals surface area contributed by atoms with Gasteiger partial charge in [-0.1, -0.05) is 0 Å². The predicted octanol–water partition coefficient (Wildman–Crippen LogP) is 0.820. The summed E-state index contributed by atoms with van der Waals surface area (Å²) in [5.41, 5.74) is 0. The van der Waals surface area contributed by atoms with Gasteiger partial charge in [0.1, 0.15) is 0 Å². The van der Waals surface area contributed by atoms with Gasteiger partial charge in [0.2, 0.25) is 0 Å². The van der Waals surface area contributed by atoms with Crippen molar-refractivity contribution in [2.24, 2.45) is 4.99 Å². The lowest BCUT2D eigenvalue weighted by Gasteiger charge is -2.33. The number of fused-ring (bicyclic) bond motifs is 1. The van der Waals surface area contributed by atoms with Gasteiger partial charge in [-0.25, -0.2) is 0 Å². The van der Waals surface area contributed by atoms with E-state index in [-0.39, 0.29) is 0 Å². The van der Waals surface area contributed by atoms with E-state index in [0.717, 1.165) is 12.5 Å². The number of nitrogens with one attached hydrogen (secondary N) is 1. The third kappa shape index (κ3) is 1.54. The molecule has 0 amide bonds. The number of aliphatic imine (C=N–C) groups is 1. The Kier molecular flexibility index (Phi) is 2.19. The lowest BCUT2D eigenvalue weighted by atomic mass is 10.2. The molecule has 3 heteroatoms. The van der Waals surface area contributed by atoms with E-state index in [2.05, 4.69) is 22.1 Å². The van der Waals surface area contributed by atoms with E-state index in [0.29, 0.717) is 6.04 Å². The molecule has 3 nitrogen and oxygen atoms in total. The highest BCUT2D eigenvalue weighted by atomic mass is 15.3. The Balaban J connectivity index is 2.06. The number of nitrogens with zero attached hydrogens (tertiary/aromatic N) is 2. The second kappa shape index (κ2) is 3.33. The second-order valence-electron chi connectivity index (χ2n) is 3.73. The molecule has 2 aliphatic rings. The van der Waals surface area contributed by atoms with Crippen LogP contribution in [0.2, 0.25) is 0 Å². The van der Waals surface area contributed by atoms with Gasteiger partial charge in [-0.15, -0.1) is 0 Å². The molecule has 1 N–H and O–H groups in total. The maximum atomic E-state index is 4.53. The molecule has 0 aromatic carbocycles. The molecule has 2 aliphatic heterocycles. The third-order valence-electron chi connectivity index (χ3n) is 2.60. The second-order valence-corrected chi connectivity index (χ2v) is 3.73. The van der Waals surface area contributed by atoms with Crippen LogP contribution < -0.4 is 5.32 Å². The predicted molar refractivity (Wildman–Crippen MR) is 50.3 cm³/mol. The topological polar surface area (TPSA) is 27.6 Å². The summed E-state index contributed by atoms with van der Waals surface area (Å²) in [6.45, 7) is 5.61. The van der Waals surface area contributed by atoms with Gasteiger partial charge in [-0.05, 0) is 26.2 Å². The van der Waals surface area contributed by atoms with Crippen LogP contribution in [0.5, 0.6) is 0 Å². The average molecular weight is 167 g/mol. The molecule has 0 aliphatic carbocycles. The molecule has 2 rings (SSSR count). The van der Waals surface area contributed by atoms with Crippen LogP contribution in [0.25, 0.3) is 0 Å². The van der Waals surface area contributed by atoms with Gasteiger partial charge in [0, 0.05) is 25.7 Å². The number of hydrogen-bond donors (Lipinski definition) is 1. The quantitative estimate of drug-likeness (QED) is 0.578. The van der Waals surface area contributed by atoms with Crippen LogP contribution in [0.1, 0.15) is 26.2 Å². The lowest BCUT2D eigenvalue weighted by Crippen LogP contribution is -2.51. The van der Waals surface area contributed by atoms with Gasteiger partial charge in [-0.2, -0.15) is 0 Å². The molecule has 0 spiro atoms. The molecule has 0 aromatic heterocycles.